The van der Waals surface area contributed by atoms with E-state index in [-0.39, 0.29) is 5.41 Å². The van der Waals surface area contributed by atoms with Gasteiger partial charge in [-0.25, -0.2) is 0 Å². The second kappa shape index (κ2) is 11.7. The molecule has 0 fully saturated rings. The Labute approximate surface area is 388 Å². The zero-order valence-electron chi connectivity index (χ0n) is 37.0. The minimum absolute atomic E-state index is 0.166. The van der Waals surface area contributed by atoms with E-state index < -0.39 is 0 Å². The Bertz CT molecular complexity index is 4060. The lowest BCUT2D eigenvalue weighted by Crippen LogP contribution is -2.15. The molecular formula is C67H38. The lowest BCUT2D eigenvalue weighted by molar-refractivity contribution is 0.661. The van der Waals surface area contributed by atoms with Gasteiger partial charge in [-0.2, -0.15) is 0 Å². The molecule has 0 radical (unpaired) electrons. The highest BCUT2D eigenvalue weighted by atomic mass is 14.4. The van der Waals surface area contributed by atoms with Gasteiger partial charge in [0.05, 0.1) is 0 Å². The zero-order chi connectivity index (χ0) is 43.6. The number of hydrogen-bond acceptors (Lipinski definition) is 0. The van der Waals surface area contributed by atoms with Gasteiger partial charge in [-0.05, 0) is 201 Å². The highest BCUT2D eigenvalue weighted by molar-refractivity contribution is 6.26. The molecule has 12 aromatic rings. The molecule has 0 heterocycles. The van der Waals surface area contributed by atoms with E-state index in [2.05, 4.69) is 208 Å². The summed E-state index contributed by atoms with van der Waals surface area (Å²) in [6, 6.07) is 74.7. The molecule has 0 bridgehead atoms. The van der Waals surface area contributed by atoms with Crippen LogP contribution in [-0.4, -0.2) is 0 Å². The molecule has 0 aromatic heterocycles. The summed E-state index contributed by atoms with van der Waals surface area (Å²) < 4.78 is 0. The van der Waals surface area contributed by atoms with Gasteiger partial charge in [0.15, 0.2) is 0 Å². The molecule has 12 aromatic carbocycles. The molecule has 0 nitrogen and oxygen atoms in total. The second-order valence-corrected chi connectivity index (χ2v) is 20.2. The van der Waals surface area contributed by atoms with Crippen molar-refractivity contribution in [3.8, 4) is 122 Å². The average Bonchev–Trinajstić information content (AvgIpc) is 4.13. The third-order valence-corrected chi connectivity index (χ3v) is 16.9. The quantitative estimate of drug-likeness (QED) is 0.163. The van der Waals surface area contributed by atoms with Crippen LogP contribution in [0.3, 0.4) is 0 Å². The van der Waals surface area contributed by atoms with Gasteiger partial charge in [-0.15, -0.1) is 0 Å². The van der Waals surface area contributed by atoms with Crippen molar-refractivity contribution in [2.75, 3.05) is 0 Å². The summed E-state index contributed by atoms with van der Waals surface area (Å²) in [7, 11) is 0. The van der Waals surface area contributed by atoms with Crippen LogP contribution in [-0.2, 0) is 5.41 Å². The first-order chi connectivity index (χ1) is 33.0. The third kappa shape index (κ3) is 4.07. The molecule has 0 N–H and O–H groups in total. The molecule has 0 aliphatic heterocycles. The van der Waals surface area contributed by atoms with Crippen LogP contribution in [0.25, 0.3) is 165 Å². The zero-order valence-corrected chi connectivity index (χ0v) is 37.0. The van der Waals surface area contributed by atoms with Crippen LogP contribution in [0.1, 0.15) is 25.0 Å². The van der Waals surface area contributed by atoms with E-state index in [1.54, 1.807) is 0 Å². The fourth-order valence-corrected chi connectivity index (χ4v) is 14.0. The number of hydrogen-bond donors (Lipinski definition) is 0. The van der Waals surface area contributed by atoms with Crippen molar-refractivity contribution >= 4 is 43.1 Å². The Morgan fingerprint density at radius 3 is 0.761 bits per heavy atom. The molecule has 0 saturated carbocycles. The topological polar surface area (TPSA) is 0 Å². The maximum Gasteiger partial charge on any atom is 0.0159 e. The number of rotatable bonds is 2. The minimum Gasteiger partial charge on any atom is -0.0616 e. The largest absolute Gasteiger partial charge is 0.0616 e. The highest BCUT2D eigenvalue weighted by Gasteiger charge is 2.40. The first-order valence-electron chi connectivity index (χ1n) is 23.8. The van der Waals surface area contributed by atoms with Gasteiger partial charge >= 0.3 is 0 Å². The monoisotopic (exact) mass is 842 g/mol. The SMILES string of the molecule is CC1(C)c2cc3c(cc2-c2cc4c(cc21)-c1ccc(-c2ccc5c6c(cccc26)-c2ccccc2-5)c2cccc-4c12)-c1cccc2c(-c4ccc5c6c(cccc46)-c4ccccc4-5)ccc-3c12. The highest BCUT2D eigenvalue weighted by Crippen LogP contribution is 2.61. The predicted molar refractivity (Wildman–Crippen MR) is 283 cm³/mol. The summed E-state index contributed by atoms with van der Waals surface area (Å²) in [5.41, 5.74) is 32.2. The van der Waals surface area contributed by atoms with Gasteiger partial charge in [0, 0.05) is 5.41 Å². The van der Waals surface area contributed by atoms with Crippen LogP contribution < -0.4 is 0 Å². The Balaban J connectivity index is 0.814. The summed E-state index contributed by atoms with van der Waals surface area (Å²) in [6.45, 7) is 4.89. The van der Waals surface area contributed by atoms with Crippen molar-refractivity contribution < 1.29 is 0 Å². The van der Waals surface area contributed by atoms with Gasteiger partial charge in [-0.1, -0.05) is 184 Å². The van der Waals surface area contributed by atoms with E-state index in [1.165, 1.54) is 177 Å². The Morgan fingerprint density at radius 2 is 0.433 bits per heavy atom. The predicted octanol–water partition coefficient (Wildman–Crippen LogP) is 18.5. The molecule has 67 heavy (non-hydrogen) atoms. The Hall–Kier alpha value is -8.32. The van der Waals surface area contributed by atoms with Crippen LogP contribution >= 0.6 is 0 Å². The smallest absolute Gasteiger partial charge is 0.0159 e. The van der Waals surface area contributed by atoms with Crippen molar-refractivity contribution in [2.45, 2.75) is 19.3 Å². The van der Waals surface area contributed by atoms with Crippen LogP contribution in [0, 0.1) is 0 Å². The molecule has 0 amide bonds. The first-order valence-corrected chi connectivity index (χ1v) is 23.8. The maximum absolute atomic E-state index is 2.55. The fraction of sp³-hybridized carbons (Fsp3) is 0.0448. The van der Waals surface area contributed by atoms with Crippen LogP contribution in [0.15, 0.2) is 194 Å². The van der Waals surface area contributed by atoms with Crippen molar-refractivity contribution in [3.05, 3.63) is 205 Å². The molecule has 0 spiro atoms. The molecule has 0 unspecified atom stereocenters. The van der Waals surface area contributed by atoms with Crippen LogP contribution in [0.2, 0.25) is 0 Å². The lowest BCUT2D eigenvalue weighted by atomic mass is 9.80. The standard InChI is InChI=1S/C67H38/c1-67(2)61-33-57-53-29-25-41(39-23-27-51-37-13-5-3-11-35(37)43-15-7-17-45(39)63(43)51)47-19-9-21-49(65(47)53)55(57)31-59(61)60-32-56-50-22-10-20-48-42(26-30-54(66(48)50)58(56)34-62(60)67)40-24-28-52-38-14-6-4-12-36(38)44-16-8-18-46(40)64(44)52/h3-34H,1-2H3. The van der Waals surface area contributed by atoms with Crippen LogP contribution in [0.5, 0.6) is 0 Å². The average molecular weight is 843 g/mol. The van der Waals surface area contributed by atoms with Crippen molar-refractivity contribution in [1.82, 2.24) is 0 Å². The summed E-state index contributed by atoms with van der Waals surface area (Å²) >= 11 is 0. The summed E-state index contributed by atoms with van der Waals surface area (Å²) in [4.78, 5) is 0. The van der Waals surface area contributed by atoms with E-state index in [1.807, 2.05) is 0 Å². The summed E-state index contributed by atoms with van der Waals surface area (Å²) in [5, 5.41) is 10.8. The molecule has 0 atom stereocenters. The van der Waals surface area contributed by atoms with Crippen molar-refractivity contribution in [1.29, 1.82) is 0 Å². The first kappa shape index (κ1) is 35.0. The Kier molecular flexibility index (Phi) is 6.13. The van der Waals surface area contributed by atoms with Gasteiger partial charge in [0.2, 0.25) is 0 Å². The van der Waals surface area contributed by atoms with Gasteiger partial charge in [0.25, 0.3) is 0 Å². The minimum atomic E-state index is -0.166. The van der Waals surface area contributed by atoms with Gasteiger partial charge in [0.1, 0.15) is 0 Å². The van der Waals surface area contributed by atoms with Gasteiger partial charge in [-0.3, -0.25) is 0 Å². The lowest BCUT2D eigenvalue weighted by Gasteiger charge is -2.23. The third-order valence-electron chi connectivity index (χ3n) is 16.9. The molecule has 0 heteroatoms. The second-order valence-electron chi connectivity index (χ2n) is 20.2. The molecule has 5 aliphatic rings. The Morgan fingerprint density at radius 1 is 0.194 bits per heavy atom. The summed E-state index contributed by atoms with van der Waals surface area (Å²) in [5.74, 6) is 0. The normalized spacial score (nSPS) is 13.9. The van der Waals surface area contributed by atoms with E-state index in [0.29, 0.717) is 0 Å². The van der Waals surface area contributed by atoms with E-state index >= 15 is 0 Å². The van der Waals surface area contributed by atoms with E-state index in [9.17, 15) is 0 Å². The molecule has 306 valence electrons. The van der Waals surface area contributed by atoms with Crippen molar-refractivity contribution in [2.24, 2.45) is 0 Å². The van der Waals surface area contributed by atoms with Gasteiger partial charge < -0.3 is 0 Å². The van der Waals surface area contributed by atoms with E-state index in [4.69, 9.17) is 0 Å². The number of benzene rings is 12. The van der Waals surface area contributed by atoms with Crippen molar-refractivity contribution in [3.63, 3.8) is 0 Å². The fourth-order valence-electron chi connectivity index (χ4n) is 14.0. The van der Waals surface area contributed by atoms with Crippen LogP contribution in [0.4, 0.5) is 0 Å². The van der Waals surface area contributed by atoms with E-state index in [0.717, 1.165) is 0 Å². The molecule has 5 aliphatic carbocycles. The molecular weight excluding hydrogens is 805 g/mol. The summed E-state index contributed by atoms with van der Waals surface area (Å²) in [6.07, 6.45) is 0. The number of fused-ring (bicyclic) bond motifs is 15. The maximum atomic E-state index is 2.55. The molecule has 17 rings (SSSR count). The molecule has 0 saturated heterocycles.